The summed E-state index contributed by atoms with van der Waals surface area (Å²) in [5.74, 6) is -0.247. The molecule has 0 bridgehead atoms. The van der Waals surface area contributed by atoms with Crippen LogP contribution in [0.15, 0.2) is 48.4 Å². The molecular weight excluding hydrogens is 310 g/mol. The highest BCUT2D eigenvalue weighted by atomic mass is 16.3. The number of unbranched alkanes of at least 4 members (excludes halogenated alkanes) is 2. The smallest absolute Gasteiger partial charge is 0.220 e. The Morgan fingerprint density at radius 3 is 1.92 bits per heavy atom. The number of amides is 1. The van der Waals surface area contributed by atoms with Crippen molar-refractivity contribution >= 4 is 5.91 Å². The van der Waals surface area contributed by atoms with E-state index in [-0.39, 0.29) is 99.6 Å². The maximum Gasteiger partial charge on any atom is 0.220 e. The Hall–Kier alpha value is -1.61. The number of allylic oxidation sites excluding steroid dienone is 8. The zero-order chi connectivity index (χ0) is 25.4. The van der Waals surface area contributed by atoms with E-state index in [1.54, 1.807) is 0 Å². The van der Waals surface area contributed by atoms with E-state index in [2.05, 4.69) is 5.32 Å². The number of nitrogens with one attached hydrogen (secondary N) is 1. The van der Waals surface area contributed by atoms with Gasteiger partial charge in [0.25, 0.3) is 0 Å². The second-order valence-electron chi connectivity index (χ2n) is 5.33. The van der Waals surface area contributed by atoms with Crippen LogP contribution in [0.3, 0.4) is 0 Å². The fourth-order valence-corrected chi connectivity index (χ4v) is 1.77. The molecule has 0 saturated heterocycles. The van der Waals surface area contributed by atoms with Gasteiger partial charge in [0.05, 0.1) is 17.6 Å². The van der Waals surface area contributed by atoms with Gasteiger partial charge in [0.15, 0.2) is 0 Å². The lowest BCUT2D eigenvalue weighted by atomic mass is 10.2. The minimum Gasteiger partial charge on any atom is -0.395 e. The second-order valence-corrected chi connectivity index (χ2v) is 5.33. The molecule has 2 N–H and O–H groups in total. The van der Waals surface area contributed by atoms with Gasteiger partial charge in [0.1, 0.15) is 0 Å². The number of rotatable bonds is 16. The summed E-state index contributed by atoms with van der Waals surface area (Å²) in [6, 6.07) is -0.832. The highest BCUT2D eigenvalue weighted by Crippen LogP contribution is 2.01. The largest absolute Gasteiger partial charge is 0.395 e. The Kier molecular flexibility index (Phi) is 10.4. The fourth-order valence-electron chi connectivity index (χ4n) is 1.77. The molecule has 142 valence electrons. The van der Waals surface area contributed by atoms with Crippen LogP contribution in [0.5, 0.6) is 0 Å². The number of aliphatic hydroxyl groups excluding tert-OH is 1. The van der Waals surface area contributed by atoms with Crippen molar-refractivity contribution in [2.45, 2.75) is 71.1 Å². The third kappa shape index (κ3) is 20.3. The summed E-state index contributed by atoms with van der Waals surface area (Å²) in [4.78, 5) is 11.5. The Bertz CT molecular complexity index is 759. The van der Waals surface area contributed by atoms with Gasteiger partial charge >= 0.3 is 0 Å². The van der Waals surface area contributed by atoms with E-state index in [0.29, 0.717) is 12.8 Å². The van der Waals surface area contributed by atoms with Crippen LogP contribution in [0.4, 0.5) is 0 Å². The number of hydrogen-bond donors (Lipinski definition) is 2. The van der Waals surface area contributed by atoms with Crippen LogP contribution in [-0.4, -0.2) is 24.2 Å². The van der Waals surface area contributed by atoms with E-state index >= 15 is 0 Å². The van der Waals surface area contributed by atoms with Crippen molar-refractivity contribution in [1.82, 2.24) is 5.32 Å². The summed E-state index contributed by atoms with van der Waals surface area (Å²) in [5, 5.41) is 11.2. The van der Waals surface area contributed by atoms with E-state index in [0.717, 1.165) is 19.3 Å². The number of hydrogen-bond acceptors (Lipinski definition) is 2. The Balaban J connectivity index is 4.91. The highest BCUT2D eigenvalue weighted by Gasteiger charge is 1.97. The standard InChI is InChI=1S/C22H37NO2/c1-2-3-4-5-6-7-8-9-10-11-12-13-14-15-16-17-18-19-22(25)23-20-21-24/h6-7,9-10,12-13,15-16,24H,2-5,8,11,14,17-21H2,1H3,(H,23,25)/b7-6-,10-9-,13-12-,16-15-/i6D,7D,9D,10D,12D,13D,15D,16D. The van der Waals surface area contributed by atoms with Crippen LogP contribution in [-0.2, 0) is 4.79 Å². The molecule has 0 rings (SSSR count). The molecule has 0 aliphatic carbocycles. The normalized spacial score (nSPS) is 19.9. The first-order chi connectivity index (χ1) is 15.5. The molecule has 0 aromatic carbocycles. The van der Waals surface area contributed by atoms with Gasteiger partial charge in [-0.1, -0.05) is 68.2 Å². The van der Waals surface area contributed by atoms with Gasteiger partial charge in [0, 0.05) is 13.0 Å². The second kappa shape index (κ2) is 20.4. The number of carbonyl (C=O) groups is 1. The summed E-state index contributed by atoms with van der Waals surface area (Å²) in [5.41, 5.74) is 0. The molecule has 0 unspecified atom stereocenters. The van der Waals surface area contributed by atoms with Crippen LogP contribution in [0.25, 0.3) is 0 Å². The van der Waals surface area contributed by atoms with Gasteiger partial charge in [-0.2, -0.15) is 0 Å². The molecule has 0 aromatic rings. The summed E-state index contributed by atoms with van der Waals surface area (Å²) in [6.45, 7) is 2.06. The molecule has 0 aliphatic heterocycles. The van der Waals surface area contributed by atoms with E-state index in [1.165, 1.54) is 0 Å². The maximum atomic E-state index is 11.5. The van der Waals surface area contributed by atoms with Crippen molar-refractivity contribution in [2.75, 3.05) is 13.2 Å². The van der Waals surface area contributed by atoms with Crippen molar-refractivity contribution in [1.29, 1.82) is 0 Å². The van der Waals surface area contributed by atoms with E-state index in [4.69, 9.17) is 16.1 Å². The zero-order valence-corrected chi connectivity index (χ0v) is 15.3. The molecule has 0 fully saturated rings. The molecule has 0 spiro atoms. The van der Waals surface area contributed by atoms with Crippen LogP contribution in [0.1, 0.15) is 82.1 Å². The molecule has 0 heterocycles. The average Bonchev–Trinajstić information content (AvgIpc) is 2.77. The van der Waals surface area contributed by atoms with Gasteiger partial charge in [0.2, 0.25) is 5.91 Å². The Morgan fingerprint density at radius 1 is 0.880 bits per heavy atom. The van der Waals surface area contributed by atoms with E-state index in [9.17, 15) is 4.79 Å². The van der Waals surface area contributed by atoms with Gasteiger partial charge in [-0.15, -0.1) is 0 Å². The Morgan fingerprint density at radius 2 is 1.40 bits per heavy atom. The van der Waals surface area contributed by atoms with E-state index in [1.807, 2.05) is 6.92 Å². The zero-order valence-electron chi connectivity index (χ0n) is 23.3. The first kappa shape index (κ1) is 12.7. The monoisotopic (exact) mass is 355 g/mol. The molecule has 0 aromatic heterocycles. The molecule has 25 heavy (non-hydrogen) atoms. The van der Waals surface area contributed by atoms with Crippen molar-refractivity contribution in [3.8, 4) is 0 Å². The number of aliphatic hydroxyl groups is 1. The first-order valence-corrected chi connectivity index (χ1v) is 9.01. The summed E-state index contributed by atoms with van der Waals surface area (Å²) >= 11 is 0. The van der Waals surface area contributed by atoms with Crippen molar-refractivity contribution in [3.05, 3.63) is 48.4 Å². The van der Waals surface area contributed by atoms with Crippen LogP contribution < -0.4 is 5.32 Å². The van der Waals surface area contributed by atoms with Gasteiger partial charge < -0.3 is 10.4 Å². The first-order valence-electron chi connectivity index (χ1n) is 13.0. The lowest BCUT2D eigenvalue weighted by Gasteiger charge is -2.00. The molecule has 1 amide bonds. The van der Waals surface area contributed by atoms with Crippen LogP contribution in [0.2, 0.25) is 0 Å². The predicted molar refractivity (Wildman–Crippen MR) is 108 cm³/mol. The molecule has 0 aliphatic rings. The van der Waals surface area contributed by atoms with Crippen molar-refractivity contribution in [2.24, 2.45) is 0 Å². The Labute approximate surface area is 165 Å². The molecule has 0 saturated carbocycles. The van der Waals surface area contributed by atoms with Crippen LogP contribution >= 0.6 is 0 Å². The summed E-state index contributed by atoms with van der Waals surface area (Å²) in [7, 11) is 0. The molecule has 3 nitrogen and oxygen atoms in total. The SMILES string of the molecule is [2H]/C(CCCCC)=C(\[2H])C/C([2H])=C(/[2H])C/C([2H])=C(/[2H])C/C([2H])=C(/[2H])CCCC(=O)NCCO. The third-order valence-corrected chi connectivity index (χ3v) is 3.08. The predicted octanol–water partition coefficient (Wildman–Crippen LogP) is 5.24. The van der Waals surface area contributed by atoms with Crippen LogP contribution in [0, 0.1) is 0 Å². The fraction of sp³-hybridized carbons (Fsp3) is 0.591. The van der Waals surface area contributed by atoms with Gasteiger partial charge in [-0.3, -0.25) is 4.79 Å². The topological polar surface area (TPSA) is 49.3 Å². The molecule has 0 atom stereocenters. The average molecular weight is 356 g/mol. The molecular formula is C22H37NO2. The highest BCUT2D eigenvalue weighted by molar-refractivity contribution is 5.75. The summed E-state index contributed by atoms with van der Waals surface area (Å²) < 4.78 is 63.6. The molecule has 3 heteroatoms. The minimum atomic E-state index is -0.278. The van der Waals surface area contributed by atoms with Gasteiger partial charge in [-0.25, -0.2) is 0 Å². The quantitative estimate of drug-likeness (QED) is 0.294. The third-order valence-electron chi connectivity index (χ3n) is 3.08. The van der Waals surface area contributed by atoms with Crippen molar-refractivity contribution < 1.29 is 20.9 Å². The summed E-state index contributed by atoms with van der Waals surface area (Å²) in [6.07, 6.45) is 3.26. The van der Waals surface area contributed by atoms with Crippen molar-refractivity contribution in [3.63, 3.8) is 0 Å². The van der Waals surface area contributed by atoms with Gasteiger partial charge in [-0.05, 0) is 44.9 Å². The maximum absolute atomic E-state index is 11.5. The lowest BCUT2D eigenvalue weighted by molar-refractivity contribution is -0.121. The van der Waals surface area contributed by atoms with E-state index < -0.39 is 0 Å². The lowest BCUT2D eigenvalue weighted by Crippen LogP contribution is -2.25. The number of carbonyl (C=O) groups excluding carboxylic acids is 1. The molecule has 0 radical (unpaired) electrons. The minimum absolute atomic E-state index is 0.0114.